The number of carbonyl (C=O) groups is 1. The smallest absolute Gasteiger partial charge is 0.315 e. The largest absolute Gasteiger partial charge is 0.440 e. The van der Waals surface area contributed by atoms with Crippen LogP contribution in [0.25, 0.3) is 0 Å². The zero-order chi connectivity index (χ0) is 19.9. The second kappa shape index (κ2) is 10.3. The summed E-state index contributed by atoms with van der Waals surface area (Å²) in [6.07, 6.45) is 1.37. The molecule has 1 fully saturated rings. The van der Waals surface area contributed by atoms with E-state index >= 15 is 0 Å². The summed E-state index contributed by atoms with van der Waals surface area (Å²) in [5.41, 5.74) is 0.583. The molecule has 1 heterocycles. The molecular weight excluding hydrogens is 360 g/mol. The predicted molar refractivity (Wildman–Crippen MR) is 110 cm³/mol. The molecular formula is C20H34N2O4Si. The number of ether oxygens (including phenoxy) is 3. The van der Waals surface area contributed by atoms with Gasteiger partial charge in [0.1, 0.15) is 14.0 Å². The van der Waals surface area contributed by atoms with E-state index in [0.29, 0.717) is 17.7 Å². The van der Waals surface area contributed by atoms with Crippen molar-refractivity contribution in [2.24, 2.45) is 0 Å². The molecule has 0 unspecified atom stereocenters. The van der Waals surface area contributed by atoms with Crippen LogP contribution in [0.15, 0.2) is 24.3 Å². The van der Waals surface area contributed by atoms with Gasteiger partial charge in [-0.15, -0.1) is 0 Å². The standard InChI is InChI=1S/C20H34N2O4Si/c1-24-20(25-2)26-19-11-7-6-9-17(19)18(23)10-8-12-21-13-15-22(16-14-21)27(3,4)5/h6-7,9,11,20H,8,10,12-16H2,1-5H3. The Kier molecular flexibility index (Phi) is 8.44. The van der Waals surface area contributed by atoms with Crippen LogP contribution in [0.2, 0.25) is 19.6 Å². The van der Waals surface area contributed by atoms with E-state index in [1.807, 2.05) is 12.1 Å². The van der Waals surface area contributed by atoms with Gasteiger partial charge in [0.15, 0.2) is 5.78 Å². The fourth-order valence-corrected chi connectivity index (χ4v) is 4.88. The third kappa shape index (κ3) is 6.69. The quantitative estimate of drug-likeness (QED) is 0.345. The number of para-hydroxylation sites is 1. The Morgan fingerprint density at radius 3 is 2.30 bits per heavy atom. The molecule has 27 heavy (non-hydrogen) atoms. The number of hydrogen-bond acceptors (Lipinski definition) is 6. The lowest BCUT2D eigenvalue weighted by Crippen LogP contribution is -2.56. The number of rotatable bonds is 10. The zero-order valence-electron chi connectivity index (χ0n) is 17.4. The highest BCUT2D eigenvalue weighted by molar-refractivity contribution is 6.73. The van der Waals surface area contributed by atoms with Gasteiger partial charge in [-0.1, -0.05) is 31.8 Å². The van der Waals surface area contributed by atoms with E-state index in [1.165, 1.54) is 14.2 Å². The summed E-state index contributed by atoms with van der Waals surface area (Å²) in [4.78, 5) is 15.1. The summed E-state index contributed by atoms with van der Waals surface area (Å²) in [5.74, 6) is 0.595. The topological polar surface area (TPSA) is 51.2 Å². The summed E-state index contributed by atoms with van der Waals surface area (Å²) in [6.45, 7) is 11.8. The van der Waals surface area contributed by atoms with E-state index in [4.69, 9.17) is 14.2 Å². The number of hydrogen-bond donors (Lipinski definition) is 0. The van der Waals surface area contributed by atoms with Gasteiger partial charge < -0.3 is 23.7 Å². The summed E-state index contributed by atoms with van der Waals surface area (Å²) in [7, 11) is 1.81. The number of piperazine rings is 1. The molecule has 152 valence electrons. The Labute approximate surface area is 164 Å². The number of benzene rings is 1. The maximum atomic E-state index is 12.7. The van der Waals surface area contributed by atoms with E-state index in [-0.39, 0.29) is 5.78 Å². The van der Waals surface area contributed by atoms with Crippen LogP contribution in [-0.2, 0) is 9.47 Å². The fraction of sp³-hybridized carbons (Fsp3) is 0.650. The molecule has 1 aliphatic heterocycles. The van der Waals surface area contributed by atoms with Crippen LogP contribution in [0.5, 0.6) is 5.75 Å². The minimum absolute atomic E-state index is 0.0947. The first-order chi connectivity index (χ1) is 12.8. The molecule has 1 aromatic rings. The maximum absolute atomic E-state index is 12.7. The van der Waals surface area contributed by atoms with Crippen molar-refractivity contribution < 1.29 is 19.0 Å². The Morgan fingerprint density at radius 1 is 1.07 bits per heavy atom. The monoisotopic (exact) mass is 394 g/mol. The highest BCUT2D eigenvalue weighted by Gasteiger charge is 2.27. The summed E-state index contributed by atoms with van der Waals surface area (Å²) < 4.78 is 18.4. The molecule has 2 rings (SSSR count). The predicted octanol–water partition coefficient (Wildman–Crippen LogP) is 3.06. The highest BCUT2D eigenvalue weighted by atomic mass is 28.3. The average Bonchev–Trinajstić information content (AvgIpc) is 2.66. The van der Waals surface area contributed by atoms with Gasteiger partial charge in [-0.3, -0.25) is 4.79 Å². The highest BCUT2D eigenvalue weighted by Crippen LogP contribution is 2.22. The number of nitrogens with zero attached hydrogens (tertiary/aromatic N) is 2. The third-order valence-corrected chi connectivity index (χ3v) is 7.34. The van der Waals surface area contributed by atoms with Crippen LogP contribution in [0.1, 0.15) is 23.2 Å². The van der Waals surface area contributed by atoms with Crippen LogP contribution < -0.4 is 4.74 Å². The van der Waals surface area contributed by atoms with Crippen molar-refractivity contribution in [3.8, 4) is 5.75 Å². The van der Waals surface area contributed by atoms with Crippen LogP contribution in [-0.4, -0.2) is 76.9 Å². The fourth-order valence-electron chi connectivity index (χ4n) is 3.34. The van der Waals surface area contributed by atoms with E-state index in [9.17, 15) is 4.79 Å². The third-order valence-electron chi connectivity index (χ3n) is 4.99. The molecule has 0 N–H and O–H groups in total. The second-order valence-electron chi connectivity index (χ2n) is 7.90. The first-order valence-electron chi connectivity index (χ1n) is 9.67. The Hall–Kier alpha value is -1.25. The Bertz CT molecular complexity index is 594. The molecule has 0 spiro atoms. The molecule has 6 nitrogen and oxygen atoms in total. The molecule has 0 amide bonds. The average molecular weight is 395 g/mol. The number of Topliss-reactive ketones (excluding diaryl/α,β-unsaturated/α-hetero) is 1. The Balaban J connectivity index is 1.81. The molecule has 1 aliphatic rings. The Morgan fingerprint density at radius 2 is 1.70 bits per heavy atom. The van der Waals surface area contributed by atoms with Gasteiger partial charge in [0.2, 0.25) is 0 Å². The molecule has 7 heteroatoms. The molecule has 1 aromatic carbocycles. The summed E-state index contributed by atoms with van der Waals surface area (Å²) in [6, 6.07) is 7.26. The van der Waals surface area contributed by atoms with Gasteiger partial charge in [-0.25, -0.2) is 0 Å². The van der Waals surface area contributed by atoms with Gasteiger partial charge in [0, 0.05) is 46.8 Å². The zero-order valence-corrected chi connectivity index (χ0v) is 18.4. The summed E-state index contributed by atoms with van der Waals surface area (Å²) >= 11 is 0. The summed E-state index contributed by atoms with van der Waals surface area (Å²) in [5, 5.41) is 0. The van der Waals surface area contributed by atoms with Crippen molar-refractivity contribution in [1.82, 2.24) is 9.47 Å². The minimum atomic E-state index is -1.19. The van der Waals surface area contributed by atoms with Crippen molar-refractivity contribution in [2.75, 3.05) is 46.9 Å². The molecule has 0 radical (unpaired) electrons. The van der Waals surface area contributed by atoms with E-state index < -0.39 is 14.7 Å². The lowest BCUT2D eigenvalue weighted by atomic mass is 10.1. The van der Waals surface area contributed by atoms with Gasteiger partial charge in [0.25, 0.3) is 0 Å². The molecule has 0 aromatic heterocycles. The lowest BCUT2D eigenvalue weighted by molar-refractivity contribution is -0.219. The van der Waals surface area contributed by atoms with Crippen LogP contribution in [0, 0.1) is 0 Å². The van der Waals surface area contributed by atoms with E-state index in [0.717, 1.165) is 39.1 Å². The number of ketones is 1. The first kappa shape index (κ1) is 22.0. The van der Waals surface area contributed by atoms with Gasteiger partial charge in [-0.2, -0.15) is 0 Å². The number of carbonyl (C=O) groups excluding carboxylic acids is 1. The van der Waals surface area contributed by atoms with Crippen LogP contribution >= 0.6 is 0 Å². The maximum Gasteiger partial charge on any atom is 0.315 e. The van der Waals surface area contributed by atoms with Gasteiger partial charge in [-0.05, 0) is 25.1 Å². The van der Waals surface area contributed by atoms with Crippen LogP contribution in [0.4, 0.5) is 0 Å². The first-order valence-corrected chi connectivity index (χ1v) is 13.1. The molecule has 0 saturated carbocycles. The minimum Gasteiger partial charge on any atom is -0.440 e. The van der Waals surface area contributed by atoms with E-state index in [1.54, 1.807) is 12.1 Å². The lowest BCUT2D eigenvalue weighted by Gasteiger charge is -2.41. The second-order valence-corrected chi connectivity index (χ2v) is 12.9. The van der Waals surface area contributed by atoms with Crippen molar-refractivity contribution in [3.05, 3.63) is 29.8 Å². The van der Waals surface area contributed by atoms with Gasteiger partial charge in [0.05, 0.1) is 5.56 Å². The van der Waals surface area contributed by atoms with Gasteiger partial charge >= 0.3 is 6.48 Å². The van der Waals surface area contributed by atoms with Crippen LogP contribution in [0.3, 0.4) is 0 Å². The van der Waals surface area contributed by atoms with Crippen molar-refractivity contribution >= 4 is 14.0 Å². The molecule has 0 atom stereocenters. The SMILES string of the molecule is COC(OC)Oc1ccccc1C(=O)CCCN1CCN([Si](C)(C)C)CC1. The number of methoxy groups -OCH3 is 2. The van der Waals surface area contributed by atoms with Crippen molar-refractivity contribution in [1.29, 1.82) is 0 Å². The van der Waals surface area contributed by atoms with Crippen molar-refractivity contribution in [3.63, 3.8) is 0 Å². The molecule has 0 aliphatic carbocycles. The van der Waals surface area contributed by atoms with Crippen molar-refractivity contribution in [2.45, 2.75) is 39.0 Å². The molecule has 1 saturated heterocycles. The normalized spacial score (nSPS) is 16.7. The molecule has 0 bridgehead atoms. The van der Waals surface area contributed by atoms with E-state index in [2.05, 4.69) is 29.1 Å².